The number of hydrogen-bond donors (Lipinski definition) is 2. The summed E-state index contributed by atoms with van der Waals surface area (Å²) in [6, 6.07) is 5.95. The van der Waals surface area contributed by atoms with Crippen LogP contribution in [0.1, 0.15) is 18.1 Å². The van der Waals surface area contributed by atoms with E-state index in [4.69, 9.17) is 0 Å². The van der Waals surface area contributed by atoms with Crippen molar-refractivity contribution >= 4 is 23.7 Å². The molecular formula is C22H16F6O6. The van der Waals surface area contributed by atoms with E-state index in [2.05, 4.69) is 9.47 Å². The summed E-state index contributed by atoms with van der Waals surface area (Å²) in [5.41, 5.74) is 0.142. The molecule has 6 nitrogen and oxygen atoms in total. The number of carbonyl (C=O) groups excluding carboxylic acids is 2. The third-order valence-electron chi connectivity index (χ3n) is 4.15. The van der Waals surface area contributed by atoms with Crippen LogP contribution in [-0.2, 0) is 9.59 Å². The predicted molar refractivity (Wildman–Crippen MR) is 107 cm³/mol. The Kier molecular flexibility index (Phi) is 7.98. The lowest BCUT2D eigenvalue weighted by atomic mass is 9.99. The number of phenols is 2. The number of benzene rings is 2. The van der Waals surface area contributed by atoms with Crippen LogP contribution in [0.25, 0.3) is 12.2 Å². The van der Waals surface area contributed by atoms with Crippen molar-refractivity contribution in [1.82, 2.24) is 0 Å². The number of halogens is 6. The molecule has 0 saturated heterocycles. The molecule has 0 bridgehead atoms. The van der Waals surface area contributed by atoms with Crippen LogP contribution < -0.4 is 9.47 Å². The van der Waals surface area contributed by atoms with Gasteiger partial charge in [-0.3, -0.25) is 9.59 Å². The van der Waals surface area contributed by atoms with Crippen LogP contribution in [0.2, 0.25) is 0 Å². The fourth-order valence-corrected chi connectivity index (χ4v) is 2.47. The first-order chi connectivity index (χ1) is 15.6. The maximum Gasteiger partial charge on any atom is 0.573 e. The Morgan fingerprint density at radius 3 is 1.44 bits per heavy atom. The molecule has 34 heavy (non-hydrogen) atoms. The summed E-state index contributed by atoms with van der Waals surface area (Å²) in [6.45, 7) is 1.25. The topological polar surface area (TPSA) is 93.1 Å². The van der Waals surface area contributed by atoms with E-state index < -0.39 is 53.2 Å². The van der Waals surface area contributed by atoms with Gasteiger partial charge in [-0.25, -0.2) is 0 Å². The number of ether oxygens (including phenoxy) is 2. The smallest absolute Gasteiger partial charge is 0.504 e. The first-order valence-corrected chi connectivity index (χ1v) is 9.26. The molecule has 182 valence electrons. The number of phenolic OH excluding ortho intramolecular Hbond substituents is 2. The standard InChI is InChI=1S/C22H16F6O6/c1-12(15(29)6-2-13-4-8-17(31)19(10-13)33-21(23,24)25)16(30)7-3-14-5-9-18(32)20(11-14)34-22(26,27)28/h2-12,31-32H,1H3/b6-2+,7-3+. The highest BCUT2D eigenvalue weighted by Gasteiger charge is 2.33. The lowest BCUT2D eigenvalue weighted by molar-refractivity contribution is -0.276. The van der Waals surface area contributed by atoms with Crippen LogP contribution in [-0.4, -0.2) is 34.5 Å². The second-order valence-corrected chi connectivity index (χ2v) is 6.74. The van der Waals surface area contributed by atoms with E-state index in [1.807, 2.05) is 0 Å². The largest absolute Gasteiger partial charge is 0.573 e. The molecule has 0 saturated carbocycles. The monoisotopic (exact) mass is 490 g/mol. The van der Waals surface area contributed by atoms with Gasteiger partial charge in [0.15, 0.2) is 34.6 Å². The van der Waals surface area contributed by atoms with Crippen molar-refractivity contribution in [2.75, 3.05) is 0 Å². The molecule has 2 aromatic carbocycles. The Balaban J connectivity index is 2.08. The lowest BCUT2D eigenvalue weighted by Gasteiger charge is -2.11. The summed E-state index contributed by atoms with van der Waals surface area (Å²) in [4.78, 5) is 24.5. The van der Waals surface area contributed by atoms with Gasteiger partial charge >= 0.3 is 12.7 Å². The fourth-order valence-electron chi connectivity index (χ4n) is 2.47. The highest BCUT2D eigenvalue weighted by Crippen LogP contribution is 2.33. The number of hydrogen-bond acceptors (Lipinski definition) is 6. The number of rotatable bonds is 8. The number of aromatic hydroxyl groups is 2. The number of carbonyl (C=O) groups is 2. The molecule has 0 amide bonds. The average Bonchev–Trinajstić information content (AvgIpc) is 2.71. The quantitative estimate of drug-likeness (QED) is 0.293. The predicted octanol–water partition coefficient (Wildman–Crippen LogP) is 5.40. The number of allylic oxidation sites excluding steroid dienone is 2. The van der Waals surface area contributed by atoms with Gasteiger partial charge in [0.05, 0.1) is 5.92 Å². The summed E-state index contributed by atoms with van der Waals surface area (Å²) in [7, 11) is 0. The van der Waals surface area contributed by atoms with Gasteiger partial charge in [0, 0.05) is 0 Å². The lowest BCUT2D eigenvalue weighted by Crippen LogP contribution is -2.17. The van der Waals surface area contributed by atoms with Gasteiger partial charge in [-0.2, -0.15) is 0 Å². The molecule has 0 aliphatic heterocycles. The van der Waals surface area contributed by atoms with E-state index in [9.17, 15) is 46.1 Å². The maximum absolute atomic E-state index is 12.4. The Morgan fingerprint density at radius 2 is 1.12 bits per heavy atom. The summed E-state index contributed by atoms with van der Waals surface area (Å²) >= 11 is 0. The van der Waals surface area contributed by atoms with Crippen molar-refractivity contribution in [3.63, 3.8) is 0 Å². The van der Waals surface area contributed by atoms with Crippen LogP contribution in [0.15, 0.2) is 48.6 Å². The normalized spacial score (nSPS) is 12.5. The van der Waals surface area contributed by atoms with Crippen LogP contribution >= 0.6 is 0 Å². The minimum absolute atomic E-state index is 0.0712. The summed E-state index contributed by atoms with van der Waals surface area (Å²) < 4.78 is 81.4. The Bertz CT molecular complexity index is 1030. The molecule has 2 rings (SSSR count). The van der Waals surface area contributed by atoms with Crippen molar-refractivity contribution in [2.45, 2.75) is 19.6 Å². The van der Waals surface area contributed by atoms with Crippen molar-refractivity contribution < 1.29 is 55.6 Å². The molecule has 0 atom stereocenters. The van der Waals surface area contributed by atoms with Crippen LogP contribution in [0.5, 0.6) is 23.0 Å². The van der Waals surface area contributed by atoms with Gasteiger partial charge in [0.2, 0.25) is 0 Å². The van der Waals surface area contributed by atoms with Gasteiger partial charge in [-0.05, 0) is 54.5 Å². The Labute approximate surface area is 188 Å². The molecule has 12 heteroatoms. The Hall–Kier alpha value is -3.96. The van der Waals surface area contributed by atoms with Gasteiger partial charge in [-0.1, -0.05) is 24.3 Å². The summed E-state index contributed by atoms with van der Waals surface area (Å²) in [5, 5.41) is 18.9. The van der Waals surface area contributed by atoms with E-state index >= 15 is 0 Å². The molecule has 0 radical (unpaired) electrons. The molecule has 0 aromatic heterocycles. The highest BCUT2D eigenvalue weighted by molar-refractivity contribution is 6.13. The van der Waals surface area contributed by atoms with Gasteiger partial charge in [-0.15, -0.1) is 26.3 Å². The average molecular weight is 490 g/mol. The second-order valence-electron chi connectivity index (χ2n) is 6.74. The fraction of sp³-hybridized carbons (Fsp3) is 0.182. The molecule has 0 heterocycles. The third-order valence-corrected chi connectivity index (χ3v) is 4.15. The van der Waals surface area contributed by atoms with Crippen LogP contribution in [0.3, 0.4) is 0 Å². The molecule has 0 spiro atoms. The third kappa shape index (κ3) is 8.19. The van der Waals surface area contributed by atoms with Crippen molar-refractivity contribution in [2.24, 2.45) is 5.92 Å². The van der Waals surface area contributed by atoms with Gasteiger partial charge in [0.25, 0.3) is 0 Å². The molecule has 0 fully saturated rings. The number of ketones is 2. The molecule has 0 aliphatic carbocycles. The zero-order valence-corrected chi connectivity index (χ0v) is 17.1. The van der Waals surface area contributed by atoms with E-state index in [0.29, 0.717) is 0 Å². The molecular weight excluding hydrogens is 474 g/mol. The van der Waals surface area contributed by atoms with E-state index in [-0.39, 0.29) is 11.1 Å². The first kappa shape index (κ1) is 26.3. The van der Waals surface area contributed by atoms with Crippen molar-refractivity contribution in [1.29, 1.82) is 0 Å². The molecule has 2 aromatic rings. The van der Waals surface area contributed by atoms with E-state index in [1.54, 1.807) is 0 Å². The van der Waals surface area contributed by atoms with Gasteiger partial charge < -0.3 is 19.7 Å². The maximum atomic E-state index is 12.4. The zero-order chi connectivity index (χ0) is 25.7. The van der Waals surface area contributed by atoms with Gasteiger partial charge in [0.1, 0.15) is 0 Å². The van der Waals surface area contributed by atoms with E-state index in [0.717, 1.165) is 48.6 Å². The minimum Gasteiger partial charge on any atom is -0.504 e. The second kappa shape index (κ2) is 10.3. The summed E-state index contributed by atoms with van der Waals surface area (Å²) in [5.74, 6) is -5.95. The number of alkyl halides is 6. The molecule has 0 aliphatic rings. The zero-order valence-electron chi connectivity index (χ0n) is 17.1. The molecule has 2 N–H and O–H groups in total. The van der Waals surface area contributed by atoms with E-state index in [1.165, 1.54) is 19.1 Å². The summed E-state index contributed by atoms with van der Waals surface area (Å²) in [6.07, 6.45) is -5.98. The van der Waals surface area contributed by atoms with Crippen molar-refractivity contribution in [3.05, 3.63) is 59.7 Å². The van der Waals surface area contributed by atoms with Crippen LogP contribution in [0, 0.1) is 5.92 Å². The van der Waals surface area contributed by atoms with Crippen LogP contribution in [0.4, 0.5) is 26.3 Å². The SMILES string of the molecule is CC(C(=O)/C=C/c1ccc(O)c(OC(F)(F)F)c1)C(=O)/C=C/c1ccc(O)c(OC(F)(F)F)c1. The minimum atomic E-state index is -5.04. The van der Waals surface area contributed by atoms with Crippen molar-refractivity contribution in [3.8, 4) is 23.0 Å². The molecule has 0 unspecified atom stereocenters. The highest BCUT2D eigenvalue weighted by atomic mass is 19.4. The first-order valence-electron chi connectivity index (χ1n) is 9.26. The Morgan fingerprint density at radius 1 is 0.765 bits per heavy atom.